The second-order valence-corrected chi connectivity index (χ2v) is 4.47. The van der Waals surface area contributed by atoms with Gasteiger partial charge in [0.05, 0.1) is 11.5 Å². The summed E-state index contributed by atoms with van der Waals surface area (Å²) in [6.45, 7) is 2.36. The van der Waals surface area contributed by atoms with Crippen LogP contribution in [0.5, 0.6) is 5.75 Å². The van der Waals surface area contributed by atoms with Crippen LogP contribution in [0.4, 0.5) is 0 Å². The highest BCUT2D eigenvalue weighted by Gasteiger charge is 2.09. The van der Waals surface area contributed by atoms with Gasteiger partial charge in [-0.15, -0.1) is 0 Å². The van der Waals surface area contributed by atoms with E-state index in [1.165, 1.54) is 6.07 Å². The molecule has 0 radical (unpaired) electrons. The van der Waals surface area contributed by atoms with E-state index in [1.807, 2.05) is 55.5 Å². The molecule has 0 aliphatic carbocycles. The Kier molecular flexibility index (Phi) is 3.25. The smallest absolute Gasteiger partial charge is 0.339 e. The largest absolute Gasteiger partial charge is 0.488 e. The number of benzene rings is 2. The molecule has 1 heterocycles. The maximum Gasteiger partial charge on any atom is 0.339 e. The van der Waals surface area contributed by atoms with Gasteiger partial charge in [-0.2, -0.15) is 0 Å². The molecule has 0 atom stereocenters. The van der Waals surface area contributed by atoms with E-state index in [0.29, 0.717) is 17.9 Å². The summed E-state index contributed by atoms with van der Waals surface area (Å²) >= 11 is 0. The van der Waals surface area contributed by atoms with Crippen LogP contribution < -0.4 is 10.4 Å². The summed E-state index contributed by atoms with van der Waals surface area (Å²) in [6.07, 6.45) is 3.80. The summed E-state index contributed by atoms with van der Waals surface area (Å²) < 4.78 is 11.0. The van der Waals surface area contributed by atoms with Gasteiger partial charge in [0.15, 0.2) is 0 Å². The minimum absolute atomic E-state index is 0.399. The van der Waals surface area contributed by atoms with Crippen molar-refractivity contribution < 1.29 is 9.15 Å². The summed E-state index contributed by atoms with van der Waals surface area (Å²) in [5.41, 5.74) is 0.176. The molecule has 100 valence electrons. The molecule has 3 nitrogen and oxygen atoms in total. The zero-order chi connectivity index (χ0) is 13.9. The van der Waals surface area contributed by atoms with Gasteiger partial charge in [-0.25, -0.2) is 4.79 Å². The fourth-order valence-corrected chi connectivity index (χ4v) is 2.22. The first-order valence-electron chi connectivity index (χ1n) is 6.49. The standard InChI is InChI=1S/C17H14O3/c1-2-3-10-19-15-11-16(18)20-17-13-7-5-4-6-12(13)8-9-14(15)17/h2-9,11H,10H2,1H3/b3-2+. The van der Waals surface area contributed by atoms with Gasteiger partial charge in [-0.3, -0.25) is 0 Å². The van der Waals surface area contributed by atoms with Gasteiger partial charge in [0.2, 0.25) is 0 Å². The molecular formula is C17H14O3. The van der Waals surface area contributed by atoms with E-state index in [4.69, 9.17) is 9.15 Å². The third-order valence-electron chi connectivity index (χ3n) is 3.17. The van der Waals surface area contributed by atoms with E-state index in [1.54, 1.807) is 0 Å². The van der Waals surface area contributed by atoms with E-state index in [2.05, 4.69) is 0 Å². The molecule has 0 amide bonds. The molecule has 1 aromatic heterocycles. The van der Waals surface area contributed by atoms with Gasteiger partial charge in [0.25, 0.3) is 0 Å². The van der Waals surface area contributed by atoms with Crippen molar-refractivity contribution >= 4 is 21.7 Å². The molecule has 0 N–H and O–H groups in total. The first-order chi connectivity index (χ1) is 9.79. The zero-order valence-corrected chi connectivity index (χ0v) is 11.1. The van der Waals surface area contributed by atoms with E-state index in [-0.39, 0.29) is 0 Å². The Balaban J connectivity index is 2.26. The SMILES string of the molecule is C/C=C/COc1cc(=O)oc2c1ccc1ccccc12. The minimum Gasteiger partial charge on any atom is -0.488 e. The van der Waals surface area contributed by atoms with Gasteiger partial charge in [-0.05, 0) is 18.4 Å². The van der Waals surface area contributed by atoms with Crippen LogP contribution in [0.3, 0.4) is 0 Å². The lowest BCUT2D eigenvalue weighted by atomic mass is 10.1. The van der Waals surface area contributed by atoms with E-state index < -0.39 is 5.63 Å². The van der Waals surface area contributed by atoms with Crippen LogP contribution in [0, 0.1) is 0 Å². The quantitative estimate of drug-likeness (QED) is 0.410. The number of rotatable bonds is 3. The van der Waals surface area contributed by atoms with Gasteiger partial charge in [0.1, 0.15) is 17.9 Å². The Bertz CT molecular complexity index is 844. The van der Waals surface area contributed by atoms with Gasteiger partial charge >= 0.3 is 5.63 Å². The van der Waals surface area contributed by atoms with Crippen molar-refractivity contribution in [1.29, 1.82) is 0 Å². The first-order valence-corrected chi connectivity index (χ1v) is 6.49. The molecule has 0 saturated heterocycles. The molecule has 0 fully saturated rings. The lowest BCUT2D eigenvalue weighted by Crippen LogP contribution is -2.02. The van der Waals surface area contributed by atoms with Crippen LogP contribution in [0.15, 0.2) is 63.8 Å². The van der Waals surface area contributed by atoms with Crippen molar-refractivity contribution in [2.45, 2.75) is 6.92 Å². The lowest BCUT2D eigenvalue weighted by molar-refractivity contribution is 0.363. The summed E-state index contributed by atoms with van der Waals surface area (Å²) in [4.78, 5) is 11.7. The molecule has 0 bridgehead atoms. The maximum absolute atomic E-state index is 11.7. The van der Waals surface area contributed by atoms with Gasteiger partial charge in [0, 0.05) is 5.39 Å². The van der Waals surface area contributed by atoms with Crippen LogP contribution >= 0.6 is 0 Å². The fourth-order valence-electron chi connectivity index (χ4n) is 2.22. The van der Waals surface area contributed by atoms with Crippen molar-refractivity contribution in [1.82, 2.24) is 0 Å². The Morgan fingerprint density at radius 3 is 2.85 bits per heavy atom. The Labute approximate surface area is 116 Å². The van der Waals surface area contributed by atoms with Crippen molar-refractivity contribution in [2.24, 2.45) is 0 Å². The highest BCUT2D eigenvalue weighted by molar-refractivity contribution is 6.05. The highest BCUT2D eigenvalue weighted by atomic mass is 16.5. The number of hydrogen-bond donors (Lipinski definition) is 0. The summed E-state index contributed by atoms with van der Waals surface area (Å²) in [5, 5.41) is 2.76. The second kappa shape index (κ2) is 5.21. The predicted octanol–water partition coefficient (Wildman–Crippen LogP) is 3.90. The highest BCUT2D eigenvalue weighted by Crippen LogP contribution is 2.30. The van der Waals surface area contributed by atoms with E-state index in [0.717, 1.165) is 16.2 Å². The molecule has 0 aliphatic heterocycles. The molecule has 2 aromatic carbocycles. The normalized spacial score (nSPS) is 11.4. The summed E-state index contributed by atoms with van der Waals surface area (Å²) in [6, 6.07) is 13.1. The fraction of sp³-hybridized carbons (Fsp3) is 0.118. The monoisotopic (exact) mass is 266 g/mol. The first kappa shape index (κ1) is 12.5. The van der Waals surface area contributed by atoms with Crippen molar-refractivity contribution in [2.75, 3.05) is 6.61 Å². The molecule has 0 aliphatic rings. The van der Waals surface area contributed by atoms with Crippen LogP contribution in [-0.2, 0) is 0 Å². The molecule has 3 aromatic rings. The number of fused-ring (bicyclic) bond motifs is 3. The third-order valence-corrected chi connectivity index (χ3v) is 3.17. The van der Waals surface area contributed by atoms with E-state index >= 15 is 0 Å². The summed E-state index contributed by atoms with van der Waals surface area (Å²) in [7, 11) is 0. The maximum atomic E-state index is 11.7. The minimum atomic E-state index is -0.399. The molecule has 0 unspecified atom stereocenters. The topological polar surface area (TPSA) is 39.4 Å². The van der Waals surface area contributed by atoms with Crippen LogP contribution in [-0.4, -0.2) is 6.61 Å². The molecule has 0 spiro atoms. The second-order valence-electron chi connectivity index (χ2n) is 4.47. The predicted molar refractivity (Wildman–Crippen MR) is 80.3 cm³/mol. The van der Waals surface area contributed by atoms with Gasteiger partial charge < -0.3 is 9.15 Å². The molecular weight excluding hydrogens is 252 g/mol. The van der Waals surface area contributed by atoms with Gasteiger partial charge in [-0.1, -0.05) is 42.5 Å². The van der Waals surface area contributed by atoms with Crippen LogP contribution in [0.25, 0.3) is 21.7 Å². The molecule has 3 heteroatoms. The average molecular weight is 266 g/mol. The van der Waals surface area contributed by atoms with Crippen LogP contribution in [0.2, 0.25) is 0 Å². The van der Waals surface area contributed by atoms with Crippen molar-refractivity contribution in [3.63, 3.8) is 0 Å². The van der Waals surface area contributed by atoms with Crippen LogP contribution in [0.1, 0.15) is 6.92 Å². The van der Waals surface area contributed by atoms with Crippen molar-refractivity contribution in [3.8, 4) is 5.75 Å². The Hall–Kier alpha value is -2.55. The van der Waals surface area contributed by atoms with Crippen molar-refractivity contribution in [3.05, 3.63) is 65.0 Å². The Morgan fingerprint density at radius 1 is 1.15 bits per heavy atom. The summed E-state index contributed by atoms with van der Waals surface area (Å²) in [5.74, 6) is 0.556. The zero-order valence-electron chi connectivity index (χ0n) is 11.1. The number of allylic oxidation sites excluding steroid dienone is 1. The molecule has 20 heavy (non-hydrogen) atoms. The number of hydrogen-bond acceptors (Lipinski definition) is 3. The van der Waals surface area contributed by atoms with E-state index in [9.17, 15) is 4.79 Å². The molecule has 3 rings (SSSR count). The Morgan fingerprint density at radius 2 is 2.00 bits per heavy atom. The third kappa shape index (κ3) is 2.18. The number of ether oxygens (including phenoxy) is 1. The average Bonchev–Trinajstić information content (AvgIpc) is 2.47. The lowest BCUT2D eigenvalue weighted by Gasteiger charge is -2.08. The molecule has 0 saturated carbocycles.